The van der Waals surface area contributed by atoms with Crippen molar-refractivity contribution in [2.75, 3.05) is 12.4 Å². The van der Waals surface area contributed by atoms with Crippen molar-refractivity contribution in [3.63, 3.8) is 0 Å². The number of aromatic nitrogens is 1. The number of nitrogens with one attached hydrogen (secondary N) is 1. The predicted octanol–water partition coefficient (Wildman–Crippen LogP) is 6.14. The fraction of sp³-hybridized carbons (Fsp3) is 0.0400. The first-order valence-electron chi connectivity index (χ1n) is 9.46. The Morgan fingerprint density at radius 3 is 2.37 bits per heavy atom. The summed E-state index contributed by atoms with van der Waals surface area (Å²) in [7, 11) is 1.63. The fourth-order valence-corrected chi connectivity index (χ4v) is 3.75. The average Bonchev–Trinajstić information content (AvgIpc) is 3.29. The highest BCUT2D eigenvalue weighted by Crippen LogP contribution is 2.29. The van der Waals surface area contributed by atoms with Gasteiger partial charge in [0.15, 0.2) is 0 Å². The number of ether oxygens (including phenoxy) is 1. The summed E-state index contributed by atoms with van der Waals surface area (Å²) in [5.74, 6) is 0.603. The number of methoxy groups -OCH3 is 1. The first kappa shape index (κ1) is 19.6. The second kappa shape index (κ2) is 9.20. The highest BCUT2D eigenvalue weighted by atomic mass is 32.1. The summed E-state index contributed by atoms with van der Waals surface area (Å²) >= 11 is 1.62. The lowest BCUT2D eigenvalue weighted by atomic mass is 10.1. The number of hydrogen-bond acceptors (Lipinski definition) is 4. The number of anilines is 1. The maximum absolute atomic E-state index is 12.2. The van der Waals surface area contributed by atoms with Crippen molar-refractivity contribution in [3.05, 3.63) is 95.9 Å². The normalized spacial score (nSPS) is 10.8. The van der Waals surface area contributed by atoms with Crippen molar-refractivity contribution < 1.29 is 9.53 Å². The van der Waals surface area contributed by atoms with Crippen molar-refractivity contribution in [2.24, 2.45) is 0 Å². The van der Waals surface area contributed by atoms with Crippen LogP contribution in [0.3, 0.4) is 0 Å². The molecule has 5 heteroatoms. The van der Waals surface area contributed by atoms with Crippen molar-refractivity contribution >= 4 is 29.0 Å². The molecule has 0 fully saturated rings. The zero-order chi connectivity index (χ0) is 20.8. The van der Waals surface area contributed by atoms with Gasteiger partial charge in [-0.2, -0.15) is 0 Å². The molecule has 1 N–H and O–H groups in total. The van der Waals surface area contributed by atoms with Crippen molar-refractivity contribution in [1.29, 1.82) is 0 Å². The van der Waals surface area contributed by atoms with E-state index >= 15 is 0 Å². The molecule has 0 atom stereocenters. The van der Waals surface area contributed by atoms with Gasteiger partial charge < -0.3 is 10.1 Å². The molecule has 4 aromatic rings. The molecule has 30 heavy (non-hydrogen) atoms. The van der Waals surface area contributed by atoms with Crippen LogP contribution in [0, 0.1) is 0 Å². The maximum Gasteiger partial charge on any atom is 0.248 e. The minimum absolute atomic E-state index is 0.182. The van der Waals surface area contributed by atoms with Crippen LogP contribution in [0.5, 0.6) is 5.75 Å². The summed E-state index contributed by atoms with van der Waals surface area (Å²) in [5.41, 5.74) is 4.72. The molecular weight excluding hydrogens is 392 g/mol. The minimum Gasteiger partial charge on any atom is -0.497 e. The quantitative estimate of drug-likeness (QED) is 0.387. The molecule has 0 aliphatic heterocycles. The van der Waals surface area contributed by atoms with Crippen LogP contribution in [-0.4, -0.2) is 18.0 Å². The Morgan fingerprint density at radius 2 is 1.67 bits per heavy atom. The van der Waals surface area contributed by atoms with Gasteiger partial charge in [0.1, 0.15) is 10.8 Å². The molecule has 1 amide bonds. The van der Waals surface area contributed by atoms with Gasteiger partial charge in [0.05, 0.1) is 12.8 Å². The third-order valence-corrected chi connectivity index (χ3v) is 5.41. The standard InChI is InChI=1S/C25H20N2O2S/c1-29-22-14-7-18(8-15-22)9-16-24(28)26-21-12-10-19(11-13-21)23-17-30-25(27-23)20-5-3-2-4-6-20/h2-17H,1H3,(H,26,28)/b16-9+. The Balaban J connectivity index is 1.39. The van der Waals surface area contributed by atoms with Crippen LogP contribution < -0.4 is 10.1 Å². The van der Waals surface area contributed by atoms with Crippen LogP contribution in [0.25, 0.3) is 27.9 Å². The molecule has 0 radical (unpaired) electrons. The molecule has 0 saturated heterocycles. The Hall–Kier alpha value is -3.70. The van der Waals surface area contributed by atoms with E-state index in [9.17, 15) is 4.79 Å². The van der Waals surface area contributed by atoms with E-state index in [4.69, 9.17) is 9.72 Å². The third kappa shape index (κ3) is 4.82. The molecule has 0 bridgehead atoms. The largest absolute Gasteiger partial charge is 0.497 e. The molecule has 148 valence electrons. The molecule has 0 aliphatic carbocycles. The first-order valence-corrected chi connectivity index (χ1v) is 10.3. The maximum atomic E-state index is 12.2. The Bertz CT molecular complexity index is 1150. The van der Waals surface area contributed by atoms with Crippen molar-refractivity contribution in [2.45, 2.75) is 0 Å². The molecule has 1 heterocycles. The van der Waals surface area contributed by atoms with Gasteiger partial charge in [-0.25, -0.2) is 4.98 Å². The molecule has 4 nitrogen and oxygen atoms in total. The summed E-state index contributed by atoms with van der Waals surface area (Å²) in [6, 6.07) is 25.3. The van der Waals surface area contributed by atoms with Crippen molar-refractivity contribution in [1.82, 2.24) is 4.98 Å². The van der Waals surface area contributed by atoms with Gasteiger partial charge in [-0.15, -0.1) is 11.3 Å². The number of nitrogens with zero attached hydrogens (tertiary/aromatic N) is 1. The minimum atomic E-state index is -0.182. The monoisotopic (exact) mass is 412 g/mol. The van der Waals surface area contributed by atoms with Gasteiger partial charge in [-0.3, -0.25) is 4.79 Å². The SMILES string of the molecule is COc1ccc(/C=C/C(=O)Nc2ccc(-c3csc(-c4ccccc4)n3)cc2)cc1. The molecule has 1 aromatic heterocycles. The van der Waals surface area contributed by atoms with E-state index < -0.39 is 0 Å². The summed E-state index contributed by atoms with van der Waals surface area (Å²) in [6.45, 7) is 0. The van der Waals surface area contributed by atoms with Crippen molar-refractivity contribution in [3.8, 4) is 27.6 Å². The van der Waals surface area contributed by atoms with Gasteiger partial charge >= 0.3 is 0 Å². The summed E-state index contributed by atoms with van der Waals surface area (Å²) in [6.07, 6.45) is 3.28. The lowest BCUT2D eigenvalue weighted by molar-refractivity contribution is -0.111. The fourth-order valence-electron chi connectivity index (χ4n) is 2.91. The van der Waals surface area contributed by atoms with E-state index in [0.29, 0.717) is 0 Å². The number of rotatable bonds is 6. The van der Waals surface area contributed by atoms with Crippen LogP contribution in [0.4, 0.5) is 5.69 Å². The highest BCUT2D eigenvalue weighted by molar-refractivity contribution is 7.13. The van der Waals surface area contributed by atoms with Gasteiger partial charge in [0.25, 0.3) is 0 Å². The van der Waals surface area contributed by atoms with Gasteiger partial charge in [-0.1, -0.05) is 54.6 Å². The second-order valence-corrected chi connectivity index (χ2v) is 7.44. The lowest BCUT2D eigenvalue weighted by Crippen LogP contribution is -2.07. The van der Waals surface area contributed by atoms with E-state index in [1.165, 1.54) is 6.08 Å². The van der Waals surface area contributed by atoms with Crippen LogP contribution in [0.2, 0.25) is 0 Å². The van der Waals surface area contributed by atoms with E-state index in [2.05, 4.69) is 17.4 Å². The summed E-state index contributed by atoms with van der Waals surface area (Å²) in [4.78, 5) is 16.9. The average molecular weight is 413 g/mol. The molecular formula is C25H20N2O2S. The Morgan fingerprint density at radius 1 is 0.933 bits per heavy atom. The smallest absolute Gasteiger partial charge is 0.248 e. The highest BCUT2D eigenvalue weighted by Gasteiger charge is 2.07. The topological polar surface area (TPSA) is 51.2 Å². The molecule has 3 aromatic carbocycles. The number of benzene rings is 3. The zero-order valence-electron chi connectivity index (χ0n) is 16.4. The number of thiazole rings is 1. The Labute approximate surface area is 179 Å². The number of carbonyl (C=O) groups is 1. The Kier molecular flexibility index (Phi) is 6.01. The van der Waals surface area contributed by atoms with Gasteiger partial charge in [-0.05, 0) is 35.9 Å². The van der Waals surface area contributed by atoms with Crippen LogP contribution in [0.1, 0.15) is 5.56 Å². The second-order valence-electron chi connectivity index (χ2n) is 6.58. The molecule has 0 aliphatic rings. The van der Waals surface area contributed by atoms with Crippen LogP contribution in [-0.2, 0) is 4.79 Å². The van der Waals surface area contributed by atoms with E-state index in [1.54, 1.807) is 24.5 Å². The van der Waals surface area contributed by atoms with E-state index in [1.807, 2.05) is 72.1 Å². The molecule has 0 unspecified atom stereocenters. The van der Waals surface area contributed by atoms with Crippen LogP contribution >= 0.6 is 11.3 Å². The van der Waals surface area contributed by atoms with Gasteiger partial charge in [0, 0.05) is 28.3 Å². The molecule has 4 rings (SSSR count). The lowest BCUT2D eigenvalue weighted by Gasteiger charge is -2.04. The predicted molar refractivity (Wildman–Crippen MR) is 124 cm³/mol. The van der Waals surface area contributed by atoms with Gasteiger partial charge in [0.2, 0.25) is 5.91 Å². The van der Waals surface area contributed by atoms with Crippen LogP contribution in [0.15, 0.2) is 90.3 Å². The van der Waals surface area contributed by atoms with E-state index in [0.717, 1.165) is 38.8 Å². The number of amides is 1. The molecule has 0 spiro atoms. The first-order chi connectivity index (χ1) is 14.7. The molecule has 0 saturated carbocycles. The summed E-state index contributed by atoms with van der Waals surface area (Å²) < 4.78 is 5.13. The van der Waals surface area contributed by atoms with E-state index in [-0.39, 0.29) is 5.91 Å². The number of carbonyl (C=O) groups excluding carboxylic acids is 1. The number of hydrogen-bond donors (Lipinski definition) is 1. The summed E-state index contributed by atoms with van der Waals surface area (Å²) in [5, 5.41) is 5.92. The third-order valence-electron chi connectivity index (χ3n) is 4.52. The zero-order valence-corrected chi connectivity index (χ0v) is 17.2.